The second kappa shape index (κ2) is 6.03. The largest absolute Gasteiger partial charge is 0.451 e. The van der Waals surface area contributed by atoms with E-state index in [2.05, 4.69) is 11.2 Å². The van der Waals surface area contributed by atoms with Gasteiger partial charge in [0.05, 0.1) is 6.54 Å². The van der Waals surface area contributed by atoms with Crippen LogP contribution in [0.5, 0.6) is 0 Å². The van der Waals surface area contributed by atoms with E-state index in [9.17, 15) is 9.59 Å². The normalized spacial score (nSPS) is 9.84. The first kappa shape index (κ1) is 13.1. The first-order valence-electron chi connectivity index (χ1n) is 5.56. The van der Waals surface area contributed by atoms with Gasteiger partial charge in [0.25, 0.3) is 5.91 Å². The maximum atomic E-state index is 11.8. The van der Waals surface area contributed by atoms with Crippen molar-refractivity contribution in [2.45, 2.75) is 0 Å². The third-order valence-electron chi connectivity index (χ3n) is 2.35. The molecule has 0 fully saturated rings. The van der Waals surface area contributed by atoms with E-state index in [0.29, 0.717) is 4.88 Å². The molecule has 0 unspecified atom stereocenters. The van der Waals surface area contributed by atoms with E-state index in [1.807, 2.05) is 24.3 Å². The Hall–Kier alpha value is -2.32. The number of benzene rings is 1. The van der Waals surface area contributed by atoms with Gasteiger partial charge in [0.15, 0.2) is 6.61 Å². The Morgan fingerprint density at radius 3 is 2.89 bits per heavy atom. The van der Waals surface area contributed by atoms with Crippen molar-refractivity contribution in [3.8, 4) is 12.3 Å². The van der Waals surface area contributed by atoms with Gasteiger partial charge in [0, 0.05) is 4.70 Å². The van der Waals surface area contributed by atoms with E-state index < -0.39 is 11.9 Å². The molecule has 0 bridgehead atoms. The van der Waals surface area contributed by atoms with Gasteiger partial charge in [-0.15, -0.1) is 17.8 Å². The lowest BCUT2D eigenvalue weighted by Crippen LogP contribution is -2.28. The Bertz CT molecular complexity index is 621. The molecular weight excluding hydrogens is 262 g/mol. The molecule has 2 rings (SSSR count). The molecule has 1 aromatic heterocycles. The quantitative estimate of drug-likeness (QED) is 0.682. The van der Waals surface area contributed by atoms with Crippen molar-refractivity contribution in [3.05, 3.63) is 35.2 Å². The molecule has 1 amide bonds. The molecular formula is C14H11NO3S. The standard InChI is InChI=1S/C14H11NO3S/c1-2-7-15-13(16)9-18-14(17)12-8-10-5-3-4-6-11(10)19-12/h1,3-6,8H,7,9H2,(H,15,16). The zero-order chi connectivity index (χ0) is 13.7. The van der Waals surface area contributed by atoms with Crippen LogP contribution in [0.15, 0.2) is 30.3 Å². The van der Waals surface area contributed by atoms with Gasteiger partial charge in [-0.05, 0) is 17.5 Å². The second-order valence-electron chi connectivity index (χ2n) is 3.71. The molecule has 0 atom stereocenters. The first-order valence-corrected chi connectivity index (χ1v) is 6.38. The van der Waals surface area contributed by atoms with Gasteiger partial charge in [-0.25, -0.2) is 4.79 Å². The molecule has 1 aromatic carbocycles. The van der Waals surface area contributed by atoms with Crippen molar-refractivity contribution in [1.82, 2.24) is 5.32 Å². The number of ether oxygens (including phenoxy) is 1. The number of carbonyl (C=O) groups excluding carboxylic acids is 2. The molecule has 0 aliphatic heterocycles. The number of hydrogen-bond acceptors (Lipinski definition) is 4. The van der Waals surface area contributed by atoms with Crippen molar-refractivity contribution in [3.63, 3.8) is 0 Å². The fraction of sp³-hybridized carbons (Fsp3) is 0.143. The van der Waals surface area contributed by atoms with Gasteiger partial charge in [0.2, 0.25) is 0 Å². The first-order chi connectivity index (χ1) is 9.20. The lowest BCUT2D eigenvalue weighted by atomic mass is 10.2. The number of nitrogens with one attached hydrogen (secondary N) is 1. The highest BCUT2D eigenvalue weighted by Gasteiger charge is 2.13. The summed E-state index contributed by atoms with van der Waals surface area (Å²) in [7, 11) is 0. The smallest absolute Gasteiger partial charge is 0.348 e. The van der Waals surface area contributed by atoms with Crippen molar-refractivity contribution < 1.29 is 14.3 Å². The van der Waals surface area contributed by atoms with Crippen molar-refractivity contribution >= 4 is 33.3 Å². The highest BCUT2D eigenvalue weighted by atomic mass is 32.1. The van der Waals surface area contributed by atoms with E-state index >= 15 is 0 Å². The van der Waals surface area contributed by atoms with Crippen LogP contribution in [0.25, 0.3) is 10.1 Å². The zero-order valence-electron chi connectivity index (χ0n) is 10.0. The lowest BCUT2D eigenvalue weighted by Gasteiger charge is -2.02. The third kappa shape index (κ3) is 3.33. The number of carbonyl (C=O) groups is 2. The predicted molar refractivity (Wildman–Crippen MR) is 74.0 cm³/mol. The highest BCUT2D eigenvalue weighted by molar-refractivity contribution is 7.20. The summed E-state index contributed by atoms with van der Waals surface area (Å²) in [5, 5.41) is 3.40. The van der Waals surface area contributed by atoms with Gasteiger partial charge in [-0.3, -0.25) is 4.79 Å². The second-order valence-corrected chi connectivity index (χ2v) is 4.79. The van der Waals surface area contributed by atoms with Crippen molar-refractivity contribution in [2.24, 2.45) is 0 Å². The van der Waals surface area contributed by atoms with Crippen LogP contribution in [0.2, 0.25) is 0 Å². The van der Waals surface area contributed by atoms with Crippen LogP contribution in [-0.4, -0.2) is 25.0 Å². The number of rotatable bonds is 4. The average Bonchev–Trinajstić information content (AvgIpc) is 2.86. The van der Waals surface area contributed by atoms with Crippen LogP contribution in [0, 0.1) is 12.3 Å². The van der Waals surface area contributed by atoms with Crippen LogP contribution in [0.3, 0.4) is 0 Å². The summed E-state index contributed by atoms with van der Waals surface area (Å²) in [6, 6.07) is 9.40. The van der Waals surface area contributed by atoms with Gasteiger partial charge in [-0.1, -0.05) is 24.1 Å². The Kier molecular flexibility index (Phi) is 4.16. The van der Waals surface area contributed by atoms with Crippen LogP contribution in [0.1, 0.15) is 9.67 Å². The summed E-state index contributed by atoms with van der Waals surface area (Å²) in [5.74, 6) is 1.35. The fourth-order valence-corrected chi connectivity index (χ4v) is 2.44. The summed E-state index contributed by atoms with van der Waals surface area (Å²) in [4.78, 5) is 23.5. The number of esters is 1. The fourth-order valence-electron chi connectivity index (χ4n) is 1.49. The number of terminal acetylenes is 1. The maximum Gasteiger partial charge on any atom is 0.348 e. The van der Waals surface area contributed by atoms with Gasteiger partial charge in [0.1, 0.15) is 4.88 Å². The minimum absolute atomic E-state index is 0.124. The molecule has 0 saturated heterocycles. The summed E-state index contributed by atoms with van der Waals surface area (Å²) in [6.45, 7) is -0.200. The van der Waals surface area contributed by atoms with Crippen molar-refractivity contribution in [2.75, 3.05) is 13.2 Å². The number of hydrogen-bond donors (Lipinski definition) is 1. The minimum atomic E-state index is -0.503. The summed E-state index contributed by atoms with van der Waals surface area (Å²) >= 11 is 1.34. The minimum Gasteiger partial charge on any atom is -0.451 e. The van der Waals surface area contributed by atoms with Gasteiger partial charge < -0.3 is 10.1 Å². The Balaban J connectivity index is 1.96. The van der Waals surface area contributed by atoms with E-state index in [0.717, 1.165) is 10.1 Å². The van der Waals surface area contributed by atoms with Crippen LogP contribution in [-0.2, 0) is 9.53 Å². The molecule has 96 valence electrons. The van der Waals surface area contributed by atoms with Gasteiger partial charge in [-0.2, -0.15) is 0 Å². The molecule has 0 spiro atoms. The van der Waals surface area contributed by atoms with Crippen LogP contribution < -0.4 is 5.32 Å². The molecule has 5 heteroatoms. The van der Waals surface area contributed by atoms with Crippen molar-refractivity contribution in [1.29, 1.82) is 0 Å². The topological polar surface area (TPSA) is 55.4 Å². The maximum absolute atomic E-state index is 11.8. The molecule has 1 N–H and O–H groups in total. The van der Waals surface area contributed by atoms with Crippen LogP contribution >= 0.6 is 11.3 Å². The molecule has 4 nitrogen and oxygen atoms in total. The van der Waals surface area contributed by atoms with Crippen LogP contribution in [0.4, 0.5) is 0 Å². The molecule has 19 heavy (non-hydrogen) atoms. The predicted octanol–water partition coefficient (Wildman–Crippen LogP) is 1.81. The molecule has 0 aliphatic rings. The molecule has 1 heterocycles. The number of amides is 1. The monoisotopic (exact) mass is 273 g/mol. The Morgan fingerprint density at radius 1 is 1.37 bits per heavy atom. The van der Waals surface area contributed by atoms with E-state index in [4.69, 9.17) is 11.2 Å². The van der Waals surface area contributed by atoms with Gasteiger partial charge >= 0.3 is 5.97 Å². The molecule has 0 aliphatic carbocycles. The average molecular weight is 273 g/mol. The van der Waals surface area contributed by atoms with E-state index in [-0.39, 0.29) is 13.2 Å². The number of fused-ring (bicyclic) bond motifs is 1. The summed E-state index contributed by atoms with van der Waals surface area (Å²) in [5.41, 5.74) is 0. The highest BCUT2D eigenvalue weighted by Crippen LogP contribution is 2.25. The van der Waals surface area contributed by atoms with E-state index in [1.165, 1.54) is 11.3 Å². The SMILES string of the molecule is C#CCNC(=O)COC(=O)c1cc2ccccc2s1. The Morgan fingerprint density at radius 2 is 2.16 bits per heavy atom. The molecule has 0 radical (unpaired) electrons. The third-order valence-corrected chi connectivity index (χ3v) is 3.44. The number of thiophene rings is 1. The summed E-state index contributed by atoms with van der Waals surface area (Å²) in [6.07, 6.45) is 5.00. The molecule has 2 aromatic rings. The summed E-state index contributed by atoms with van der Waals surface area (Å²) < 4.78 is 5.91. The Labute approximate surface area is 114 Å². The molecule has 0 saturated carbocycles. The van der Waals surface area contributed by atoms with E-state index in [1.54, 1.807) is 6.07 Å². The zero-order valence-corrected chi connectivity index (χ0v) is 10.8. The lowest BCUT2D eigenvalue weighted by molar-refractivity contribution is -0.123.